The highest BCUT2D eigenvalue weighted by atomic mass is 19.4. The Labute approximate surface area is 157 Å². The third-order valence-electron chi connectivity index (χ3n) is 5.15. The topological polar surface area (TPSA) is 44.8 Å². The Bertz CT molecular complexity index is 616. The fourth-order valence-corrected chi connectivity index (χ4v) is 3.59. The molecule has 1 N–H and O–H groups in total. The average molecular weight is 385 g/mol. The molecule has 1 aromatic rings. The van der Waals surface area contributed by atoms with E-state index in [1.54, 1.807) is 4.90 Å². The number of halogens is 3. The first kappa shape index (κ1) is 19.9. The summed E-state index contributed by atoms with van der Waals surface area (Å²) in [6.45, 7) is 4.08. The van der Waals surface area contributed by atoms with Crippen LogP contribution in [-0.2, 0) is 9.53 Å². The lowest BCUT2D eigenvalue weighted by Crippen LogP contribution is -2.42. The lowest BCUT2D eigenvalue weighted by atomic mass is 9.97. The summed E-state index contributed by atoms with van der Waals surface area (Å²) in [5, 5.41) is 2.82. The van der Waals surface area contributed by atoms with Gasteiger partial charge in [0, 0.05) is 44.0 Å². The molecule has 0 spiro atoms. The number of morpholine rings is 1. The highest BCUT2D eigenvalue weighted by Gasteiger charge is 2.41. The van der Waals surface area contributed by atoms with Gasteiger partial charge in [-0.15, -0.1) is 0 Å². The van der Waals surface area contributed by atoms with E-state index in [1.165, 1.54) is 0 Å². The van der Waals surface area contributed by atoms with Gasteiger partial charge >= 0.3 is 6.18 Å². The maximum Gasteiger partial charge on any atom is 0.393 e. The van der Waals surface area contributed by atoms with Crippen LogP contribution in [0, 0.1) is 5.92 Å². The van der Waals surface area contributed by atoms with E-state index in [2.05, 4.69) is 10.2 Å². The number of piperidine rings is 1. The minimum atomic E-state index is -4.15. The summed E-state index contributed by atoms with van der Waals surface area (Å²) in [5.74, 6) is -1.45. The molecular formula is C19H26F3N3O2. The van der Waals surface area contributed by atoms with Crippen molar-refractivity contribution in [2.45, 2.75) is 25.4 Å². The molecule has 2 aliphatic rings. The fraction of sp³-hybridized carbons (Fsp3) is 0.632. The number of carbonyl (C=O) groups is 1. The van der Waals surface area contributed by atoms with Gasteiger partial charge in [0.1, 0.15) is 0 Å². The second-order valence-corrected chi connectivity index (χ2v) is 7.13. The Kier molecular flexibility index (Phi) is 6.59. The molecular weight excluding hydrogens is 359 g/mol. The monoisotopic (exact) mass is 385 g/mol. The number of carbonyl (C=O) groups excluding carboxylic acids is 1. The standard InChI is InChI=1S/C19H26F3N3O2/c20-19(21,22)15-2-1-8-24(14-15)9-7-18(26)23-16-3-5-17(6-4-16)25-10-12-27-13-11-25/h3-6,15H,1-2,7-14H2,(H,23,26). The molecule has 0 radical (unpaired) electrons. The number of amides is 1. The van der Waals surface area contributed by atoms with Gasteiger partial charge < -0.3 is 19.9 Å². The van der Waals surface area contributed by atoms with Gasteiger partial charge in [0.2, 0.25) is 5.91 Å². The Hall–Kier alpha value is -1.80. The van der Waals surface area contributed by atoms with Crippen LogP contribution >= 0.6 is 0 Å². The number of likely N-dealkylation sites (tertiary alicyclic amines) is 1. The van der Waals surface area contributed by atoms with Gasteiger partial charge in [0.25, 0.3) is 0 Å². The largest absolute Gasteiger partial charge is 0.393 e. The second kappa shape index (κ2) is 8.93. The van der Waals surface area contributed by atoms with E-state index >= 15 is 0 Å². The molecule has 0 aliphatic carbocycles. The van der Waals surface area contributed by atoms with E-state index < -0.39 is 12.1 Å². The molecule has 1 amide bonds. The third kappa shape index (κ3) is 5.84. The van der Waals surface area contributed by atoms with Gasteiger partial charge in [0.15, 0.2) is 0 Å². The van der Waals surface area contributed by atoms with Crippen LogP contribution in [0.5, 0.6) is 0 Å². The number of nitrogens with zero attached hydrogens (tertiary/aromatic N) is 2. The molecule has 0 aromatic heterocycles. The molecule has 1 atom stereocenters. The molecule has 2 heterocycles. The van der Waals surface area contributed by atoms with Crippen LogP contribution in [0.2, 0.25) is 0 Å². The van der Waals surface area contributed by atoms with Gasteiger partial charge in [-0.1, -0.05) is 0 Å². The van der Waals surface area contributed by atoms with Gasteiger partial charge in [-0.25, -0.2) is 0 Å². The smallest absolute Gasteiger partial charge is 0.378 e. The molecule has 0 saturated carbocycles. The van der Waals surface area contributed by atoms with Crippen molar-refractivity contribution in [2.75, 3.05) is 56.2 Å². The quantitative estimate of drug-likeness (QED) is 0.846. The molecule has 27 heavy (non-hydrogen) atoms. The molecule has 2 aliphatic heterocycles. The van der Waals surface area contributed by atoms with Crippen LogP contribution in [0.3, 0.4) is 0 Å². The van der Waals surface area contributed by atoms with Gasteiger partial charge in [-0.2, -0.15) is 13.2 Å². The van der Waals surface area contributed by atoms with E-state index in [0.717, 1.165) is 18.8 Å². The molecule has 8 heteroatoms. The van der Waals surface area contributed by atoms with Gasteiger partial charge in [0.05, 0.1) is 19.1 Å². The molecule has 1 aromatic carbocycles. The zero-order chi connectivity index (χ0) is 19.3. The first-order chi connectivity index (χ1) is 12.9. The van der Waals surface area contributed by atoms with Crippen LogP contribution < -0.4 is 10.2 Å². The summed E-state index contributed by atoms with van der Waals surface area (Å²) in [6.07, 6.45) is -3.25. The van der Waals surface area contributed by atoms with Crippen LogP contribution in [-0.4, -0.2) is 62.9 Å². The van der Waals surface area contributed by atoms with Crippen molar-refractivity contribution in [3.63, 3.8) is 0 Å². The van der Waals surface area contributed by atoms with Gasteiger partial charge in [-0.3, -0.25) is 4.79 Å². The summed E-state index contributed by atoms with van der Waals surface area (Å²) in [5.41, 5.74) is 1.78. The molecule has 5 nitrogen and oxygen atoms in total. The molecule has 2 saturated heterocycles. The lowest BCUT2D eigenvalue weighted by molar-refractivity contribution is -0.186. The van der Waals surface area contributed by atoms with Crippen LogP contribution in [0.15, 0.2) is 24.3 Å². The van der Waals surface area contributed by atoms with Crippen LogP contribution in [0.1, 0.15) is 19.3 Å². The second-order valence-electron chi connectivity index (χ2n) is 7.13. The number of hydrogen-bond donors (Lipinski definition) is 1. The van der Waals surface area contributed by atoms with E-state index in [4.69, 9.17) is 4.74 Å². The maximum absolute atomic E-state index is 12.9. The van der Waals surface area contributed by atoms with E-state index in [-0.39, 0.29) is 25.3 Å². The number of benzene rings is 1. The predicted octanol–water partition coefficient (Wildman–Crippen LogP) is 3.13. The van der Waals surface area contributed by atoms with Gasteiger partial charge in [-0.05, 0) is 43.7 Å². The number of alkyl halides is 3. The number of ether oxygens (including phenoxy) is 1. The van der Waals surface area contributed by atoms with Crippen molar-refractivity contribution in [3.8, 4) is 0 Å². The summed E-state index contributed by atoms with van der Waals surface area (Å²) in [7, 11) is 0. The first-order valence-corrected chi connectivity index (χ1v) is 9.43. The van der Waals surface area contributed by atoms with Crippen molar-refractivity contribution in [3.05, 3.63) is 24.3 Å². The normalized spacial score (nSPS) is 21.9. The Morgan fingerprint density at radius 3 is 2.52 bits per heavy atom. The highest BCUT2D eigenvalue weighted by Crippen LogP contribution is 2.33. The van der Waals surface area contributed by atoms with Crippen LogP contribution in [0.4, 0.5) is 24.5 Å². The average Bonchev–Trinajstić information content (AvgIpc) is 2.67. The SMILES string of the molecule is O=C(CCN1CCCC(C(F)(F)F)C1)Nc1ccc(N2CCOCC2)cc1. The van der Waals surface area contributed by atoms with Crippen molar-refractivity contribution in [1.29, 1.82) is 0 Å². The predicted molar refractivity (Wildman–Crippen MR) is 97.9 cm³/mol. The third-order valence-corrected chi connectivity index (χ3v) is 5.15. The minimum absolute atomic E-state index is 0.00890. The molecule has 3 rings (SSSR count). The number of nitrogens with one attached hydrogen (secondary N) is 1. The lowest BCUT2D eigenvalue weighted by Gasteiger charge is -2.33. The maximum atomic E-state index is 12.9. The number of hydrogen-bond acceptors (Lipinski definition) is 4. The Balaban J connectivity index is 1.44. The van der Waals surface area contributed by atoms with Crippen molar-refractivity contribution in [1.82, 2.24) is 4.90 Å². The summed E-state index contributed by atoms with van der Waals surface area (Å²) in [4.78, 5) is 16.1. The van der Waals surface area contributed by atoms with Crippen molar-refractivity contribution in [2.24, 2.45) is 5.92 Å². The fourth-order valence-electron chi connectivity index (χ4n) is 3.59. The summed E-state index contributed by atoms with van der Waals surface area (Å²) < 4.78 is 43.9. The van der Waals surface area contributed by atoms with Crippen molar-refractivity contribution < 1.29 is 22.7 Å². The Morgan fingerprint density at radius 1 is 1.15 bits per heavy atom. The number of anilines is 2. The zero-order valence-corrected chi connectivity index (χ0v) is 15.3. The minimum Gasteiger partial charge on any atom is -0.378 e. The van der Waals surface area contributed by atoms with E-state index in [1.807, 2.05) is 24.3 Å². The van der Waals surface area contributed by atoms with Crippen molar-refractivity contribution >= 4 is 17.3 Å². The summed E-state index contributed by atoms with van der Waals surface area (Å²) >= 11 is 0. The molecule has 150 valence electrons. The zero-order valence-electron chi connectivity index (χ0n) is 15.3. The van der Waals surface area contributed by atoms with E-state index in [0.29, 0.717) is 38.4 Å². The van der Waals surface area contributed by atoms with E-state index in [9.17, 15) is 18.0 Å². The molecule has 0 bridgehead atoms. The molecule has 2 fully saturated rings. The first-order valence-electron chi connectivity index (χ1n) is 9.43. The number of rotatable bonds is 5. The van der Waals surface area contributed by atoms with Crippen LogP contribution in [0.25, 0.3) is 0 Å². The molecule has 1 unspecified atom stereocenters. The highest BCUT2D eigenvalue weighted by molar-refractivity contribution is 5.91. The Morgan fingerprint density at radius 2 is 1.85 bits per heavy atom. The summed E-state index contributed by atoms with van der Waals surface area (Å²) in [6, 6.07) is 7.62.